The molecular formula is C24H23BrIN3O2. The van der Waals surface area contributed by atoms with Crippen LogP contribution in [0.1, 0.15) is 28.4 Å². The van der Waals surface area contributed by atoms with Crippen LogP contribution in [-0.4, -0.2) is 11.8 Å². The van der Waals surface area contributed by atoms with Crippen molar-refractivity contribution in [1.29, 1.82) is 0 Å². The third kappa shape index (κ3) is 4.52. The zero-order valence-electron chi connectivity index (χ0n) is 17.5. The van der Waals surface area contributed by atoms with Crippen molar-refractivity contribution in [3.63, 3.8) is 0 Å². The first kappa shape index (κ1) is 23.4. The minimum atomic E-state index is -0.777. The van der Waals surface area contributed by atoms with Crippen LogP contribution in [0.5, 0.6) is 0 Å². The van der Waals surface area contributed by atoms with Crippen LogP contribution in [-0.2, 0) is 16.1 Å². The summed E-state index contributed by atoms with van der Waals surface area (Å²) in [6.45, 7) is 6.11. The fourth-order valence-corrected chi connectivity index (χ4v) is 4.23. The molecule has 0 fully saturated rings. The number of nitrogens with one attached hydrogen (secondary N) is 1. The largest absolute Gasteiger partial charge is 1.00 e. The molecule has 31 heavy (non-hydrogen) atoms. The minimum absolute atomic E-state index is 0. The summed E-state index contributed by atoms with van der Waals surface area (Å²) in [5.41, 5.74) is 5.28. The molecule has 0 saturated heterocycles. The van der Waals surface area contributed by atoms with E-state index in [9.17, 15) is 9.59 Å². The van der Waals surface area contributed by atoms with E-state index in [0.29, 0.717) is 5.69 Å². The number of anilines is 2. The van der Waals surface area contributed by atoms with E-state index >= 15 is 0 Å². The topological polar surface area (TPSA) is 53.3 Å². The number of aromatic nitrogens is 1. The fourth-order valence-electron chi connectivity index (χ4n) is 3.86. The molecule has 1 N–H and O–H groups in total. The summed E-state index contributed by atoms with van der Waals surface area (Å²) in [5, 5.41) is 3.08. The summed E-state index contributed by atoms with van der Waals surface area (Å²) in [6, 6.07) is 16.5. The number of para-hydroxylation sites is 1. The Morgan fingerprint density at radius 3 is 2.42 bits per heavy atom. The predicted octanol–water partition coefficient (Wildman–Crippen LogP) is 1.39. The van der Waals surface area contributed by atoms with Crippen LogP contribution in [0.15, 0.2) is 65.3 Å². The highest BCUT2D eigenvalue weighted by atomic mass is 127. The molecule has 0 spiro atoms. The average molecular weight is 592 g/mol. The van der Waals surface area contributed by atoms with Crippen LogP contribution < -0.4 is 38.8 Å². The van der Waals surface area contributed by atoms with Gasteiger partial charge in [0.05, 0.1) is 0 Å². The molecular weight excluding hydrogens is 569 g/mol. The van der Waals surface area contributed by atoms with Crippen molar-refractivity contribution in [2.45, 2.75) is 33.4 Å². The van der Waals surface area contributed by atoms with Gasteiger partial charge in [0.15, 0.2) is 6.20 Å². The molecule has 5 nitrogen and oxygen atoms in total. The van der Waals surface area contributed by atoms with Crippen LogP contribution in [0.4, 0.5) is 11.4 Å². The van der Waals surface area contributed by atoms with Crippen LogP contribution >= 0.6 is 15.9 Å². The number of halogens is 2. The van der Waals surface area contributed by atoms with Gasteiger partial charge in [0, 0.05) is 28.0 Å². The number of aryl methyl sites for hydroxylation is 3. The van der Waals surface area contributed by atoms with E-state index < -0.39 is 6.04 Å². The number of hydrogen-bond donors (Lipinski definition) is 1. The minimum Gasteiger partial charge on any atom is -1.00 e. The summed E-state index contributed by atoms with van der Waals surface area (Å²) >= 11 is 3.55. The van der Waals surface area contributed by atoms with Crippen LogP contribution in [0.3, 0.4) is 0 Å². The maximum atomic E-state index is 13.6. The first-order chi connectivity index (χ1) is 14.4. The third-order valence-corrected chi connectivity index (χ3v) is 6.35. The molecule has 0 saturated carbocycles. The van der Waals surface area contributed by atoms with Crippen molar-refractivity contribution < 1.29 is 38.1 Å². The number of pyridine rings is 1. The Morgan fingerprint density at radius 2 is 1.74 bits per heavy atom. The van der Waals surface area contributed by atoms with E-state index in [1.54, 1.807) is 4.90 Å². The SMILES string of the molecule is Cc1ccc(N2C(=O)C[n+]3ccccc3C2C(=O)Nc2c(C)cccc2C)cc1Br.[I-]. The number of benzene rings is 2. The van der Waals surface area contributed by atoms with E-state index in [1.807, 2.05) is 86.1 Å². The van der Waals surface area contributed by atoms with Crippen molar-refractivity contribution >= 4 is 39.1 Å². The van der Waals surface area contributed by atoms with Gasteiger partial charge in [0.25, 0.3) is 11.8 Å². The molecule has 2 heterocycles. The van der Waals surface area contributed by atoms with Gasteiger partial charge in [0.1, 0.15) is 0 Å². The summed E-state index contributed by atoms with van der Waals surface area (Å²) in [4.78, 5) is 28.4. The lowest BCUT2D eigenvalue weighted by molar-refractivity contribution is -0.695. The van der Waals surface area contributed by atoms with Crippen molar-refractivity contribution in [2.24, 2.45) is 0 Å². The maximum absolute atomic E-state index is 13.6. The summed E-state index contributed by atoms with van der Waals surface area (Å²) < 4.78 is 2.74. The molecule has 2 aromatic carbocycles. The summed E-state index contributed by atoms with van der Waals surface area (Å²) in [7, 11) is 0. The van der Waals surface area contributed by atoms with Gasteiger partial charge in [-0.25, -0.2) is 0 Å². The monoisotopic (exact) mass is 591 g/mol. The van der Waals surface area contributed by atoms with Crippen LogP contribution in [0, 0.1) is 20.8 Å². The lowest BCUT2D eigenvalue weighted by Gasteiger charge is -2.32. The maximum Gasteiger partial charge on any atom is 0.294 e. The molecule has 1 aliphatic heterocycles. The standard InChI is InChI=1S/C24H22BrN3O2.HI/c1-15-10-11-18(13-19(15)25)28-21(29)14-27-12-5-4-9-20(27)23(28)24(30)26-22-16(2)7-6-8-17(22)3;/h4-13,23H,14H2,1-3H3;1H. The zero-order valence-corrected chi connectivity index (χ0v) is 21.3. The van der Waals surface area contributed by atoms with Gasteiger partial charge < -0.3 is 29.3 Å². The van der Waals surface area contributed by atoms with E-state index in [-0.39, 0.29) is 42.3 Å². The predicted molar refractivity (Wildman–Crippen MR) is 120 cm³/mol. The molecule has 7 heteroatoms. The highest BCUT2D eigenvalue weighted by molar-refractivity contribution is 9.10. The number of amides is 2. The van der Waals surface area contributed by atoms with Crippen molar-refractivity contribution in [2.75, 3.05) is 10.2 Å². The van der Waals surface area contributed by atoms with E-state index in [2.05, 4.69) is 21.2 Å². The Morgan fingerprint density at radius 1 is 1.03 bits per heavy atom. The second-order valence-corrected chi connectivity index (χ2v) is 8.46. The number of nitrogens with zero attached hydrogens (tertiary/aromatic N) is 2. The first-order valence-corrected chi connectivity index (χ1v) is 10.6. The second kappa shape index (κ2) is 9.48. The van der Waals surface area contributed by atoms with Gasteiger partial charge >= 0.3 is 0 Å². The molecule has 3 aromatic rings. The second-order valence-electron chi connectivity index (χ2n) is 7.61. The molecule has 0 radical (unpaired) electrons. The Bertz CT molecular complexity index is 1150. The van der Waals surface area contributed by atoms with Crippen molar-refractivity contribution in [1.82, 2.24) is 0 Å². The van der Waals surface area contributed by atoms with Gasteiger partial charge in [-0.15, -0.1) is 0 Å². The number of hydrogen-bond acceptors (Lipinski definition) is 2. The molecule has 1 atom stereocenters. The van der Waals surface area contributed by atoms with Crippen LogP contribution in [0.25, 0.3) is 0 Å². The number of carbonyl (C=O) groups is 2. The summed E-state index contributed by atoms with van der Waals surface area (Å²) in [5.74, 6) is -0.367. The molecule has 1 aromatic heterocycles. The molecule has 0 aliphatic carbocycles. The zero-order chi connectivity index (χ0) is 21.4. The third-order valence-electron chi connectivity index (χ3n) is 5.50. The average Bonchev–Trinajstić information content (AvgIpc) is 2.72. The van der Waals surface area contributed by atoms with Crippen molar-refractivity contribution in [3.8, 4) is 0 Å². The highest BCUT2D eigenvalue weighted by Crippen LogP contribution is 2.33. The fraction of sp³-hybridized carbons (Fsp3) is 0.208. The first-order valence-electron chi connectivity index (χ1n) is 9.80. The molecule has 160 valence electrons. The van der Waals surface area contributed by atoms with E-state index in [1.165, 1.54) is 0 Å². The normalized spacial score (nSPS) is 15.2. The Balaban J connectivity index is 0.00000272. The van der Waals surface area contributed by atoms with Gasteiger partial charge in [-0.3, -0.25) is 14.5 Å². The highest BCUT2D eigenvalue weighted by Gasteiger charge is 2.43. The quantitative estimate of drug-likeness (QED) is 0.370. The number of carbonyl (C=O) groups excluding carboxylic acids is 2. The smallest absolute Gasteiger partial charge is 0.294 e. The molecule has 1 aliphatic rings. The van der Waals surface area contributed by atoms with Gasteiger partial charge in [-0.05, 0) is 49.6 Å². The number of rotatable bonds is 3. The molecule has 1 unspecified atom stereocenters. The van der Waals surface area contributed by atoms with Crippen LogP contribution in [0.2, 0.25) is 0 Å². The van der Waals surface area contributed by atoms with Crippen molar-refractivity contribution in [3.05, 3.63) is 87.7 Å². The lowest BCUT2D eigenvalue weighted by atomic mass is 10.0. The Hall–Kier alpha value is -2.26. The molecule has 4 rings (SSSR count). The summed E-state index contributed by atoms with van der Waals surface area (Å²) in [6.07, 6.45) is 1.84. The van der Waals surface area contributed by atoms with E-state index in [4.69, 9.17) is 0 Å². The lowest BCUT2D eigenvalue weighted by Crippen LogP contribution is -3.00. The van der Waals surface area contributed by atoms with Gasteiger partial charge in [0.2, 0.25) is 18.3 Å². The molecule has 2 amide bonds. The van der Waals surface area contributed by atoms with Gasteiger partial charge in [-0.1, -0.05) is 46.3 Å². The molecule has 0 bridgehead atoms. The van der Waals surface area contributed by atoms with E-state index in [0.717, 1.165) is 32.5 Å². The Kier molecular flexibility index (Phi) is 7.16. The van der Waals surface area contributed by atoms with Gasteiger partial charge in [-0.2, -0.15) is 4.57 Å². The Labute approximate surface area is 207 Å². The number of fused-ring (bicyclic) bond motifs is 1.